The van der Waals surface area contributed by atoms with E-state index in [0.29, 0.717) is 26.9 Å². The van der Waals surface area contributed by atoms with Crippen molar-refractivity contribution in [3.63, 3.8) is 0 Å². The predicted molar refractivity (Wildman–Crippen MR) is 107 cm³/mol. The van der Waals surface area contributed by atoms with E-state index in [1.165, 1.54) is 25.3 Å². The zero-order valence-corrected chi connectivity index (χ0v) is 16.5. The van der Waals surface area contributed by atoms with E-state index in [1.807, 2.05) is 13.8 Å². The van der Waals surface area contributed by atoms with E-state index in [0.717, 1.165) is 5.57 Å². The Hall–Kier alpha value is -2.53. The van der Waals surface area contributed by atoms with E-state index in [4.69, 9.17) is 4.74 Å². The van der Waals surface area contributed by atoms with Crippen LogP contribution in [0.15, 0.2) is 53.0 Å². The molecule has 2 aromatic rings. The molecule has 26 heavy (non-hydrogen) atoms. The monoisotopic (exact) mass is 416 g/mol. The van der Waals surface area contributed by atoms with Crippen LogP contribution in [0.2, 0.25) is 0 Å². The Morgan fingerprint density at radius 1 is 1.23 bits per heavy atom. The average molecular weight is 417 g/mol. The first-order valence-corrected chi connectivity index (χ1v) is 8.81. The summed E-state index contributed by atoms with van der Waals surface area (Å²) in [6, 6.07) is 7.93. The van der Waals surface area contributed by atoms with Gasteiger partial charge in [-0.2, -0.15) is 0 Å². The zero-order chi connectivity index (χ0) is 19.4. The molecule has 0 aromatic heterocycles. The number of aromatic hydroxyl groups is 2. The number of ether oxygens (including phenoxy) is 1. The highest BCUT2D eigenvalue weighted by atomic mass is 79.9. The second-order valence-electron chi connectivity index (χ2n) is 6.08. The quantitative estimate of drug-likeness (QED) is 0.373. The molecule has 1 atom stereocenters. The van der Waals surface area contributed by atoms with Crippen LogP contribution in [0.25, 0.3) is 6.08 Å². The molecule has 2 N–H and O–H groups in total. The Labute approximate surface area is 161 Å². The molecule has 0 bridgehead atoms. The van der Waals surface area contributed by atoms with Crippen molar-refractivity contribution in [2.45, 2.75) is 19.8 Å². The molecule has 0 aliphatic heterocycles. The minimum atomic E-state index is -0.202. The van der Waals surface area contributed by atoms with Crippen LogP contribution in [0.3, 0.4) is 0 Å². The highest BCUT2D eigenvalue weighted by Crippen LogP contribution is 2.33. The number of ketones is 1. The van der Waals surface area contributed by atoms with Gasteiger partial charge in [0, 0.05) is 28.7 Å². The zero-order valence-electron chi connectivity index (χ0n) is 14.9. The number of halogens is 1. The van der Waals surface area contributed by atoms with Crippen LogP contribution in [-0.4, -0.2) is 23.1 Å². The first-order chi connectivity index (χ1) is 12.2. The van der Waals surface area contributed by atoms with E-state index >= 15 is 0 Å². The van der Waals surface area contributed by atoms with Gasteiger partial charge in [-0.15, -0.1) is 0 Å². The summed E-state index contributed by atoms with van der Waals surface area (Å²) in [6.45, 7) is 7.72. The number of hydrogen-bond acceptors (Lipinski definition) is 4. The molecule has 2 aromatic carbocycles. The summed E-state index contributed by atoms with van der Waals surface area (Å²) in [6.07, 6.45) is 3.06. The average Bonchev–Trinajstić information content (AvgIpc) is 2.61. The topological polar surface area (TPSA) is 66.8 Å². The summed E-state index contributed by atoms with van der Waals surface area (Å²) < 4.78 is 5.73. The van der Waals surface area contributed by atoms with Gasteiger partial charge < -0.3 is 14.9 Å². The first-order valence-electron chi connectivity index (χ1n) is 8.01. The van der Waals surface area contributed by atoms with Crippen molar-refractivity contribution in [1.82, 2.24) is 0 Å². The maximum absolute atomic E-state index is 12.5. The number of carbonyl (C=O) groups excluding carboxylic acids is 1. The van der Waals surface area contributed by atoms with Crippen LogP contribution in [0, 0.1) is 0 Å². The van der Waals surface area contributed by atoms with Crippen molar-refractivity contribution in [1.29, 1.82) is 0 Å². The molecule has 0 radical (unpaired) electrons. The lowest BCUT2D eigenvalue weighted by atomic mass is 9.92. The third-order valence-electron chi connectivity index (χ3n) is 4.23. The molecule has 1 unspecified atom stereocenters. The molecule has 0 aliphatic rings. The van der Waals surface area contributed by atoms with Crippen LogP contribution in [0.1, 0.15) is 41.3 Å². The van der Waals surface area contributed by atoms with Crippen LogP contribution in [-0.2, 0) is 0 Å². The second-order valence-corrected chi connectivity index (χ2v) is 6.94. The lowest BCUT2D eigenvalue weighted by Crippen LogP contribution is -2.00. The molecule has 5 heteroatoms. The van der Waals surface area contributed by atoms with Crippen molar-refractivity contribution < 1.29 is 19.7 Å². The van der Waals surface area contributed by atoms with Gasteiger partial charge in [-0.1, -0.05) is 19.1 Å². The van der Waals surface area contributed by atoms with Crippen LogP contribution in [0.5, 0.6) is 17.2 Å². The molecule has 0 heterocycles. The Kier molecular flexibility index (Phi) is 6.27. The van der Waals surface area contributed by atoms with Gasteiger partial charge in [-0.05, 0) is 59.3 Å². The van der Waals surface area contributed by atoms with Crippen molar-refractivity contribution in [2.75, 3.05) is 7.11 Å². The van der Waals surface area contributed by atoms with Crippen LogP contribution < -0.4 is 4.74 Å². The molecule has 0 saturated carbocycles. The Morgan fingerprint density at radius 3 is 2.54 bits per heavy atom. The number of phenolic OH excluding ortho intramolecular Hbond substituents is 2. The molecular weight excluding hydrogens is 396 g/mol. The molecular formula is C21H21BrO4. The largest absolute Gasteiger partial charge is 0.508 e. The van der Waals surface area contributed by atoms with E-state index in [1.54, 1.807) is 24.3 Å². The van der Waals surface area contributed by atoms with E-state index in [9.17, 15) is 15.0 Å². The maximum atomic E-state index is 12.5. The number of phenols is 2. The molecule has 0 saturated heterocycles. The van der Waals surface area contributed by atoms with Crippen molar-refractivity contribution >= 4 is 27.8 Å². The van der Waals surface area contributed by atoms with Gasteiger partial charge in [0.2, 0.25) is 0 Å². The standard InChI is InChI=1S/C21H21BrO4/c1-12(2)13(3)16-9-14(5-8-19(16)24)18(23)7-6-15-10-17(22)20(25)11-21(15)26-4/h5-11,13,24-25H,1H2,2-4H3/b7-6+. The summed E-state index contributed by atoms with van der Waals surface area (Å²) in [5.41, 5.74) is 2.69. The molecule has 4 nitrogen and oxygen atoms in total. The molecule has 136 valence electrons. The van der Waals surface area contributed by atoms with E-state index in [2.05, 4.69) is 22.5 Å². The van der Waals surface area contributed by atoms with Gasteiger partial charge >= 0.3 is 0 Å². The number of carbonyl (C=O) groups is 1. The summed E-state index contributed by atoms with van der Waals surface area (Å²) >= 11 is 3.25. The van der Waals surface area contributed by atoms with Gasteiger partial charge in [0.05, 0.1) is 11.6 Å². The third-order valence-corrected chi connectivity index (χ3v) is 4.87. The molecule has 0 amide bonds. The Bertz CT molecular complexity index is 884. The smallest absolute Gasteiger partial charge is 0.185 e. The SMILES string of the molecule is C=C(C)C(C)c1cc(C(=O)/C=C/c2cc(Br)c(O)cc2OC)ccc1O. The highest BCUT2D eigenvalue weighted by Gasteiger charge is 2.14. The predicted octanol–water partition coefficient (Wildman–Crippen LogP) is 5.44. The summed E-state index contributed by atoms with van der Waals surface area (Å²) in [4.78, 5) is 12.5. The lowest BCUT2D eigenvalue weighted by Gasteiger charge is -2.14. The van der Waals surface area contributed by atoms with E-state index < -0.39 is 0 Å². The maximum Gasteiger partial charge on any atom is 0.185 e. The molecule has 0 spiro atoms. The summed E-state index contributed by atoms with van der Waals surface area (Å²) in [5, 5.41) is 19.8. The Morgan fingerprint density at radius 2 is 1.92 bits per heavy atom. The van der Waals surface area contributed by atoms with Crippen LogP contribution >= 0.6 is 15.9 Å². The summed E-state index contributed by atoms with van der Waals surface area (Å²) in [7, 11) is 1.49. The fourth-order valence-corrected chi connectivity index (χ4v) is 2.81. The van der Waals surface area contributed by atoms with Crippen molar-refractivity contribution in [3.05, 3.63) is 69.7 Å². The van der Waals surface area contributed by atoms with Crippen molar-refractivity contribution in [2.24, 2.45) is 0 Å². The van der Waals surface area contributed by atoms with Gasteiger partial charge in [-0.3, -0.25) is 4.79 Å². The molecule has 0 aliphatic carbocycles. The van der Waals surface area contributed by atoms with Gasteiger partial charge in [-0.25, -0.2) is 0 Å². The number of benzene rings is 2. The number of methoxy groups -OCH3 is 1. The van der Waals surface area contributed by atoms with Gasteiger partial charge in [0.15, 0.2) is 5.78 Å². The number of hydrogen-bond donors (Lipinski definition) is 2. The fourth-order valence-electron chi connectivity index (χ4n) is 2.45. The second kappa shape index (κ2) is 8.23. The minimum Gasteiger partial charge on any atom is -0.508 e. The summed E-state index contributed by atoms with van der Waals surface area (Å²) in [5.74, 6) is 0.399. The molecule has 2 rings (SSSR count). The van der Waals surface area contributed by atoms with Gasteiger partial charge in [0.1, 0.15) is 17.2 Å². The first kappa shape index (κ1) is 19.8. The minimum absolute atomic E-state index is 0.0557. The Balaban J connectivity index is 2.33. The van der Waals surface area contributed by atoms with Gasteiger partial charge in [0.25, 0.3) is 0 Å². The van der Waals surface area contributed by atoms with Crippen LogP contribution in [0.4, 0.5) is 0 Å². The fraction of sp³-hybridized carbons (Fsp3) is 0.190. The number of rotatable bonds is 6. The van der Waals surface area contributed by atoms with E-state index in [-0.39, 0.29) is 23.2 Å². The molecule has 0 fully saturated rings. The normalized spacial score (nSPS) is 12.2. The lowest BCUT2D eigenvalue weighted by molar-refractivity contribution is 0.104. The van der Waals surface area contributed by atoms with Crippen molar-refractivity contribution in [3.8, 4) is 17.2 Å². The third kappa shape index (κ3) is 4.35. The highest BCUT2D eigenvalue weighted by molar-refractivity contribution is 9.10. The number of allylic oxidation sites excluding steroid dienone is 2.